The van der Waals surface area contributed by atoms with Crippen molar-refractivity contribution >= 4 is 17.9 Å². The monoisotopic (exact) mass is 349 g/mol. The third-order valence-corrected chi connectivity index (χ3v) is 3.65. The van der Waals surface area contributed by atoms with Gasteiger partial charge in [0, 0.05) is 12.6 Å². The lowest BCUT2D eigenvalue weighted by Gasteiger charge is -2.34. The molecule has 132 valence electrons. The molecule has 1 aromatic rings. The number of carbonyl (C=O) groups is 1. The molecular formula is C12H14F3N5O4. The van der Waals surface area contributed by atoms with Crippen LogP contribution in [0.25, 0.3) is 0 Å². The van der Waals surface area contributed by atoms with Crippen molar-refractivity contribution < 1.29 is 28.0 Å². The minimum atomic E-state index is -5.11. The van der Waals surface area contributed by atoms with Crippen LogP contribution in [0.4, 0.5) is 19.0 Å². The second-order valence-corrected chi connectivity index (χ2v) is 5.24. The number of amides is 1. The molecule has 0 radical (unpaired) electrons. The minimum absolute atomic E-state index is 0.00152. The Morgan fingerprint density at radius 2 is 2.21 bits per heavy atom. The number of alkyl halides is 3. The third kappa shape index (κ3) is 2.72. The highest BCUT2D eigenvalue weighted by Gasteiger charge is 2.62. The van der Waals surface area contributed by atoms with Gasteiger partial charge in [-0.1, -0.05) is 6.92 Å². The van der Waals surface area contributed by atoms with E-state index in [0.29, 0.717) is 0 Å². The largest absolute Gasteiger partial charge is 0.438 e. The van der Waals surface area contributed by atoms with Gasteiger partial charge in [-0.05, 0) is 18.3 Å². The average Bonchev–Trinajstić information content (AvgIpc) is 3.04. The van der Waals surface area contributed by atoms with Gasteiger partial charge in [-0.2, -0.15) is 28.0 Å². The predicted octanol–water partition coefficient (Wildman–Crippen LogP) is 1.52. The number of nitro groups is 1. The maximum Gasteiger partial charge on any atom is 0.438 e. The fourth-order valence-corrected chi connectivity index (χ4v) is 2.38. The normalized spacial score (nSPS) is 22.0. The number of rotatable bonds is 4. The summed E-state index contributed by atoms with van der Waals surface area (Å²) in [5.74, 6) is -1.69. The highest BCUT2D eigenvalue weighted by Crippen LogP contribution is 2.40. The Kier molecular flexibility index (Phi) is 4.35. The molecule has 1 N–H and O–H groups in total. The van der Waals surface area contributed by atoms with E-state index in [-0.39, 0.29) is 17.1 Å². The van der Waals surface area contributed by atoms with Crippen LogP contribution < -0.4 is 0 Å². The van der Waals surface area contributed by atoms with Crippen LogP contribution in [0.2, 0.25) is 0 Å². The molecule has 2 atom stereocenters. The van der Waals surface area contributed by atoms with E-state index in [2.05, 4.69) is 10.2 Å². The van der Waals surface area contributed by atoms with Gasteiger partial charge in [0.05, 0.1) is 16.9 Å². The Hall–Kier alpha value is -2.50. The molecule has 0 saturated carbocycles. The predicted molar refractivity (Wildman–Crippen MR) is 73.9 cm³/mol. The van der Waals surface area contributed by atoms with E-state index in [1.807, 2.05) is 0 Å². The standard InChI is InChI=1S/C12H14F3N5O4/c1-3-8(18-7(2)6-9(17-18)20(23)24)10(21)19-11(22,4-5-16-19)12(13,14)15/h5-6,8,22H,3-4H2,1-2H3/t8-,11-/m1/s1. The van der Waals surface area contributed by atoms with Crippen LogP contribution in [0.1, 0.15) is 31.5 Å². The molecule has 2 rings (SSSR count). The fourth-order valence-electron chi connectivity index (χ4n) is 2.38. The summed E-state index contributed by atoms with van der Waals surface area (Å²) in [6.07, 6.45) is -5.21. The second-order valence-electron chi connectivity index (χ2n) is 5.24. The number of aliphatic hydroxyl groups is 1. The lowest BCUT2D eigenvalue weighted by Crippen LogP contribution is -2.57. The van der Waals surface area contributed by atoms with Gasteiger partial charge in [0.15, 0.2) is 6.04 Å². The van der Waals surface area contributed by atoms with Crippen molar-refractivity contribution in [1.82, 2.24) is 14.8 Å². The molecule has 12 heteroatoms. The molecule has 24 heavy (non-hydrogen) atoms. The van der Waals surface area contributed by atoms with Crippen LogP contribution in [-0.4, -0.2) is 48.8 Å². The van der Waals surface area contributed by atoms with E-state index in [1.165, 1.54) is 13.8 Å². The maximum atomic E-state index is 13.1. The Bertz CT molecular complexity index is 701. The summed E-state index contributed by atoms with van der Waals surface area (Å²) >= 11 is 0. The van der Waals surface area contributed by atoms with Crippen molar-refractivity contribution in [3.63, 3.8) is 0 Å². The van der Waals surface area contributed by atoms with E-state index in [9.17, 15) is 33.2 Å². The number of hydrogen-bond donors (Lipinski definition) is 1. The van der Waals surface area contributed by atoms with Gasteiger partial charge in [0.1, 0.15) is 0 Å². The zero-order chi connectivity index (χ0) is 18.3. The van der Waals surface area contributed by atoms with Crippen LogP contribution in [-0.2, 0) is 4.79 Å². The van der Waals surface area contributed by atoms with Gasteiger partial charge >= 0.3 is 12.0 Å². The zero-order valence-corrected chi connectivity index (χ0v) is 12.7. The first kappa shape index (κ1) is 17.8. The number of carbonyl (C=O) groups excluding carboxylic acids is 1. The summed E-state index contributed by atoms with van der Waals surface area (Å²) < 4.78 is 40.2. The Morgan fingerprint density at radius 1 is 1.58 bits per heavy atom. The van der Waals surface area contributed by atoms with E-state index in [4.69, 9.17) is 0 Å². The molecule has 1 aliphatic heterocycles. The number of aryl methyl sites for hydroxylation is 1. The molecule has 0 aliphatic carbocycles. The molecule has 1 aliphatic rings. The van der Waals surface area contributed by atoms with Gasteiger partial charge < -0.3 is 15.2 Å². The molecular weight excluding hydrogens is 335 g/mol. The maximum absolute atomic E-state index is 13.1. The molecule has 2 heterocycles. The summed E-state index contributed by atoms with van der Waals surface area (Å²) in [5.41, 5.74) is -3.22. The fraction of sp³-hybridized carbons (Fsp3) is 0.583. The van der Waals surface area contributed by atoms with Gasteiger partial charge in [-0.25, -0.2) is 0 Å². The average molecular weight is 349 g/mol. The lowest BCUT2D eigenvalue weighted by molar-refractivity contribution is -0.389. The molecule has 1 aromatic heterocycles. The van der Waals surface area contributed by atoms with Crippen molar-refractivity contribution in [3.05, 3.63) is 21.9 Å². The quantitative estimate of drug-likeness (QED) is 0.654. The summed E-state index contributed by atoms with van der Waals surface area (Å²) in [6.45, 7) is 2.93. The zero-order valence-electron chi connectivity index (χ0n) is 12.7. The Labute approximate surface area is 133 Å². The van der Waals surface area contributed by atoms with E-state index >= 15 is 0 Å². The van der Waals surface area contributed by atoms with Gasteiger partial charge in [-0.15, -0.1) is 0 Å². The van der Waals surface area contributed by atoms with Gasteiger partial charge in [-0.3, -0.25) is 4.79 Å². The summed E-state index contributed by atoms with van der Waals surface area (Å²) in [6, 6.07) is -0.179. The molecule has 0 spiro atoms. The summed E-state index contributed by atoms with van der Waals surface area (Å²) in [5, 5.41) is 27.5. The molecule has 0 aromatic carbocycles. The van der Waals surface area contributed by atoms with Crippen molar-refractivity contribution in [2.24, 2.45) is 5.10 Å². The summed E-state index contributed by atoms with van der Waals surface area (Å²) in [4.78, 5) is 22.5. The molecule has 9 nitrogen and oxygen atoms in total. The van der Waals surface area contributed by atoms with E-state index in [0.717, 1.165) is 17.0 Å². The van der Waals surface area contributed by atoms with Crippen molar-refractivity contribution in [2.75, 3.05) is 0 Å². The van der Waals surface area contributed by atoms with E-state index in [1.54, 1.807) is 0 Å². The van der Waals surface area contributed by atoms with Crippen LogP contribution in [0, 0.1) is 17.0 Å². The van der Waals surface area contributed by atoms with Crippen LogP contribution in [0.5, 0.6) is 0 Å². The smallest absolute Gasteiger partial charge is 0.362 e. The van der Waals surface area contributed by atoms with Crippen LogP contribution >= 0.6 is 0 Å². The first-order valence-electron chi connectivity index (χ1n) is 6.89. The lowest BCUT2D eigenvalue weighted by atomic mass is 10.1. The van der Waals surface area contributed by atoms with Gasteiger partial charge in [0.2, 0.25) is 0 Å². The van der Waals surface area contributed by atoms with Crippen LogP contribution in [0.3, 0.4) is 0 Å². The second kappa shape index (κ2) is 5.85. The van der Waals surface area contributed by atoms with E-state index < -0.39 is 41.0 Å². The van der Waals surface area contributed by atoms with Gasteiger partial charge in [0.25, 0.3) is 11.6 Å². The number of nitrogens with zero attached hydrogens (tertiary/aromatic N) is 5. The molecule has 0 saturated heterocycles. The topological polar surface area (TPSA) is 114 Å². The van der Waals surface area contributed by atoms with Crippen molar-refractivity contribution in [1.29, 1.82) is 0 Å². The minimum Gasteiger partial charge on any atom is -0.362 e. The number of hydrogen-bond acceptors (Lipinski definition) is 6. The first-order valence-corrected chi connectivity index (χ1v) is 6.89. The Morgan fingerprint density at radius 3 is 2.67 bits per heavy atom. The molecule has 0 bridgehead atoms. The molecule has 1 amide bonds. The highest BCUT2D eigenvalue weighted by atomic mass is 19.4. The molecule has 0 fully saturated rings. The summed E-state index contributed by atoms with van der Waals surface area (Å²) in [7, 11) is 0. The number of halogens is 3. The third-order valence-electron chi connectivity index (χ3n) is 3.65. The number of aromatic nitrogens is 2. The van der Waals surface area contributed by atoms with Crippen LogP contribution in [0.15, 0.2) is 11.2 Å². The van der Waals surface area contributed by atoms with Crippen molar-refractivity contribution in [3.8, 4) is 0 Å². The molecule has 0 unspecified atom stereocenters. The number of hydrazone groups is 1. The first-order chi connectivity index (χ1) is 11.0. The SMILES string of the molecule is CC[C@H](C(=O)N1N=CC[C@@]1(O)C(F)(F)F)n1nc([N+](=O)[O-])cc1C. The Balaban J connectivity index is 2.39. The highest BCUT2D eigenvalue weighted by molar-refractivity contribution is 5.83. The van der Waals surface area contributed by atoms with Crippen molar-refractivity contribution in [2.45, 2.75) is 44.6 Å².